The summed E-state index contributed by atoms with van der Waals surface area (Å²) in [5.74, 6) is -0.534. The molecule has 0 saturated heterocycles. The van der Waals surface area contributed by atoms with Crippen molar-refractivity contribution in [1.29, 1.82) is 0 Å². The second kappa shape index (κ2) is 12.4. The van der Waals surface area contributed by atoms with E-state index < -0.39 is 15.7 Å². The van der Waals surface area contributed by atoms with Gasteiger partial charge in [0.2, 0.25) is 0 Å². The van der Waals surface area contributed by atoms with Crippen LogP contribution in [0.25, 0.3) is 10.4 Å². The van der Waals surface area contributed by atoms with Crippen molar-refractivity contribution in [1.82, 2.24) is 10.6 Å². The smallest absolute Gasteiger partial charge is 0.268 e. The molecule has 1 aromatic heterocycles. The van der Waals surface area contributed by atoms with Crippen LogP contribution in [0.1, 0.15) is 49.3 Å². The first-order chi connectivity index (χ1) is 19.0. The molecule has 2 heterocycles. The van der Waals surface area contributed by atoms with Crippen LogP contribution in [0.3, 0.4) is 0 Å². The Bertz CT molecular complexity index is 1570. The Hall–Kier alpha value is -3.41. The number of hydrogen-bond donors (Lipinski definition) is 2. The summed E-state index contributed by atoms with van der Waals surface area (Å²) in [6.45, 7) is 2.89. The van der Waals surface area contributed by atoms with E-state index in [1.165, 1.54) is 16.2 Å². The molecule has 0 saturated carbocycles. The Balaban J connectivity index is 1.57. The number of nitrogens with one attached hydrogen (secondary N) is 2. The largest absolute Gasteiger partial charge is 0.493 e. The zero-order valence-electron chi connectivity index (χ0n) is 22.4. The molecule has 1 aliphatic rings. The predicted octanol–water partition coefficient (Wildman–Crippen LogP) is 4.19. The summed E-state index contributed by atoms with van der Waals surface area (Å²) in [5.41, 5.74) is 2.90. The highest BCUT2D eigenvalue weighted by Crippen LogP contribution is 2.42. The topological polar surface area (TPSA) is 122 Å². The summed E-state index contributed by atoms with van der Waals surface area (Å²) in [5, 5.41) is 5.79. The minimum absolute atomic E-state index is 0.0139. The third-order valence-electron chi connectivity index (χ3n) is 6.31. The monoisotopic (exact) mass is 603 g/mol. The molecule has 0 unspecified atom stereocenters. The number of benzene rings is 2. The molecule has 12 heteroatoms. The molecular weight excluding hydrogens is 574 g/mol. The molecule has 0 aliphatic carbocycles. The molecule has 1 aliphatic heterocycles. The Morgan fingerprint density at radius 3 is 2.40 bits per heavy atom. The first-order valence-electron chi connectivity index (χ1n) is 12.7. The first kappa shape index (κ1) is 29.6. The van der Waals surface area contributed by atoms with Gasteiger partial charge in [0.25, 0.3) is 17.7 Å². The van der Waals surface area contributed by atoms with Gasteiger partial charge in [-0.1, -0.05) is 18.5 Å². The molecule has 9 nitrogen and oxygen atoms in total. The summed E-state index contributed by atoms with van der Waals surface area (Å²) >= 11 is 7.73. The Labute approximate surface area is 242 Å². The lowest BCUT2D eigenvalue weighted by molar-refractivity contribution is 0.0946. The van der Waals surface area contributed by atoms with Gasteiger partial charge in [0.1, 0.15) is 15.6 Å². The first-order valence-corrected chi connectivity index (χ1v) is 16.0. The van der Waals surface area contributed by atoms with E-state index in [2.05, 4.69) is 10.6 Å². The molecule has 3 aromatic rings. The van der Waals surface area contributed by atoms with Crippen LogP contribution in [-0.4, -0.2) is 64.9 Å². The average Bonchev–Trinajstić information content (AvgIpc) is 3.26. The summed E-state index contributed by atoms with van der Waals surface area (Å²) in [4.78, 5) is 41.3. The van der Waals surface area contributed by atoms with E-state index in [0.717, 1.165) is 28.7 Å². The molecule has 0 atom stereocenters. The number of halogens is 1. The number of carbonyl (C=O) groups excluding carboxylic acids is 3. The maximum atomic E-state index is 13.5. The highest BCUT2D eigenvalue weighted by Gasteiger charge is 2.25. The van der Waals surface area contributed by atoms with Crippen LogP contribution in [0, 0.1) is 0 Å². The van der Waals surface area contributed by atoms with Crippen LogP contribution < -0.4 is 20.3 Å². The van der Waals surface area contributed by atoms with Gasteiger partial charge in [-0.15, -0.1) is 11.3 Å². The number of nitrogens with zero attached hydrogens (tertiary/aromatic N) is 1. The fourth-order valence-corrected chi connectivity index (χ4v) is 6.10. The third kappa shape index (κ3) is 6.83. The predicted molar refractivity (Wildman–Crippen MR) is 158 cm³/mol. The van der Waals surface area contributed by atoms with Crippen LogP contribution >= 0.6 is 22.9 Å². The molecule has 2 N–H and O–H groups in total. The number of fused-ring (bicyclic) bond motifs is 3. The number of ether oxygens (including phenoxy) is 1. The van der Waals surface area contributed by atoms with Crippen molar-refractivity contribution in [2.75, 3.05) is 43.7 Å². The van der Waals surface area contributed by atoms with Gasteiger partial charge in [-0.3, -0.25) is 14.4 Å². The zero-order valence-corrected chi connectivity index (χ0v) is 24.8. The minimum Gasteiger partial charge on any atom is -0.493 e. The van der Waals surface area contributed by atoms with Crippen molar-refractivity contribution >= 4 is 56.2 Å². The van der Waals surface area contributed by atoms with Gasteiger partial charge in [-0.05, 0) is 54.4 Å². The van der Waals surface area contributed by atoms with Crippen molar-refractivity contribution < 1.29 is 27.5 Å². The number of sulfone groups is 1. The van der Waals surface area contributed by atoms with Gasteiger partial charge >= 0.3 is 0 Å². The highest BCUT2D eigenvalue weighted by molar-refractivity contribution is 7.90. The average molecular weight is 604 g/mol. The third-order valence-corrected chi connectivity index (χ3v) is 8.77. The van der Waals surface area contributed by atoms with Crippen molar-refractivity contribution in [3.63, 3.8) is 0 Å². The number of anilines is 1. The van der Waals surface area contributed by atoms with Gasteiger partial charge in [-0.2, -0.15) is 0 Å². The lowest BCUT2D eigenvalue weighted by Gasteiger charge is -2.19. The summed E-state index contributed by atoms with van der Waals surface area (Å²) in [7, 11) is -1.57. The van der Waals surface area contributed by atoms with E-state index in [-0.39, 0.29) is 24.1 Å². The standard InChI is InChI=1S/C28H30ClN3O6S2/c1-4-10-30-26(33)18-6-8-21(29)22(14-18)32(2)28(35)24-16-17-9-12-38-23-15-19(5-7-20(23)25(17)39-24)27(34)31-11-13-40(3,36)37/h5-8,14-16H,4,9-13H2,1-3H3,(H,30,33)(H,31,34). The van der Waals surface area contributed by atoms with E-state index in [0.29, 0.717) is 52.0 Å². The summed E-state index contributed by atoms with van der Waals surface area (Å²) in [6.07, 6.45) is 2.49. The molecule has 212 valence electrons. The van der Waals surface area contributed by atoms with Gasteiger partial charge < -0.3 is 20.3 Å². The fraction of sp³-hybridized carbons (Fsp3) is 0.321. The molecule has 4 rings (SSSR count). The lowest BCUT2D eigenvalue weighted by Crippen LogP contribution is -2.28. The molecule has 2 aromatic carbocycles. The molecule has 0 radical (unpaired) electrons. The van der Waals surface area contributed by atoms with Gasteiger partial charge in [0.05, 0.1) is 27.9 Å². The fourth-order valence-electron chi connectivity index (χ4n) is 4.17. The molecule has 0 spiro atoms. The van der Waals surface area contributed by atoms with Gasteiger partial charge in [0, 0.05) is 54.4 Å². The van der Waals surface area contributed by atoms with Crippen LogP contribution in [0.2, 0.25) is 5.02 Å². The minimum atomic E-state index is -3.19. The zero-order chi connectivity index (χ0) is 29.0. The second-order valence-corrected chi connectivity index (χ2v) is 13.2. The molecule has 0 fully saturated rings. The second-order valence-electron chi connectivity index (χ2n) is 9.45. The maximum absolute atomic E-state index is 13.5. The van der Waals surface area contributed by atoms with Crippen LogP contribution in [0.4, 0.5) is 5.69 Å². The van der Waals surface area contributed by atoms with E-state index in [9.17, 15) is 22.8 Å². The normalized spacial score (nSPS) is 12.4. The van der Waals surface area contributed by atoms with Crippen molar-refractivity contribution in [2.24, 2.45) is 0 Å². The number of carbonyl (C=O) groups is 3. The Kier molecular flexibility index (Phi) is 9.17. The van der Waals surface area contributed by atoms with Crippen LogP contribution in [-0.2, 0) is 16.3 Å². The molecule has 40 heavy (non-hydrogen) atoms. The number of hydrogen-bond acceptors (Lipinski definition) is 7. The quantitative estimate of drug-likeness (QED) is 0.378. The Morgan fingerprint density at radius 2 is 1.70 bits per heavy atom. The molecule has 3 amide bonds. The van der Waals surface area contributed by atoms with E-state index in [4.69, 9.17) is 16.3 Å². The molecular formula is C28H30ClN3O6S2. The van der Waals surface area contributed by atoms with Crippen LogP contribution in [0.15, 0.2) is 42.5 Å². The van der Waals surface area contributed by atoms with Crippen molar-refractivity contribution in [3.8, 4) is 16.2 Å². The SMILES string of the molecule is CCCNC(=O)c1ccc(Cl)c(N(C)C(=O)c2cc3c(s2)-c2ccc(C(=O)NCCS(C)(=O)=O)cc2OCC3)c1. The number of rotatable bonds is 9. The lowest BCUT2D eigenvalue weighted by atomic mass is 10.0. The Morgan fingerprint density at radius 1 is 1.02 bits per heavy atom. The number of thiophene rings is 1. The summed E-state index contributed by atoms with van der Waals surface area (Å²) < 4.78 is 28.6. The van der Waals surface area contributed by atoms with Crippen molar-refractivity contribution in [3.05, 3.63) is 69.1 Å². The highest BCUT2D eigenvalue weighted by atomic mass is 35.5. The van der Waals surface area contributed by atoms with E-state index >= 15 is 0 Å². The maximum Gasteiger partial charge on any atom is 0.268 e. The summed E-state index contributed by atoms with van der Waals surface area (Å²) in [6, 6.07) is 11.7. The van der Waals surface area contributed by atoms with Gasteiger partial charge in [0.15, 0.2) is 0 Å². The number of amides is 3. The van der Waals surface area contributed by atoms with Crippen molar-refractivity contribution in [2.45, 2.75) is 19.8 Å². The molecule has 0 bridgehead atoms. The van der Waals surface area contributed by atoms with E-state index in [1.807, 2.05) is 13.0 Å². The van der Waals surface area contributed by atoms with E-state index in [1.54, 1.807) is 43.4 Å². The van der Waals surface area contributed by atoms with Crippen LogP contribution in [0.5, 0.6) is 5.75 Å². The van der Waals surface area contributed by atoms with Gasteiger partial charge in [-0.25, -0.2) is 8.42 Å².